The zero-order chi connectivity index (χ0) is 9.61. The normalized spacial score (nSPS) is 12.0. The molecular weight excluding hydrogens is 156 g/mol. The van der Waals surface area contributed by atoms with Crippen LogP contribution in [0.5, 0.6) is 0 Å². The number of methoxy groups -OCH3 is 1. The van der Waals surface area contributed by atoms with E-state index in [0.717, 1.165) is 0 Å². The van der Waals surface area contributed by atoms with E-state index in [-0.39, 0.29) is 5.97 Å². The highest BCUT2D eigenvalue weighted by atomic mass is 16.6. The molecule has 3 heteroatoms. The molecule has 0 fully saturated rings. The molecule has 0 saturated heterocycles. The summed E-state index contributed by atoms with van der Waals surface area (Å²) in [6, 6.07) is 0. The minimum absolute atomic E-state index is 0.334. The third kappa shape index (κ3) is 7.28. The lowest BCUT2D eigenvalue weighted by atomic mass is 10.2. The molecule has 0 spiro atoms. The highest BCUT2D eigenvalue weighted by molar-refractivity contribution is 5.82. The summed E-state index contributed by atoms with van der Waals surface area (Å²) in [6.45, 7) is 5.92. The van der Waals surface area contributed by atoms with Crippen LogP contribution in [0.1, 0.15) is 20.8 Å². The van der Waals surface area contributed by atoms with Gasteiger partial charge in [0.05, 0.1) is 6.61 Å². The number of carbonyl (C=O) groups excluding carboxylic acids is 1. The molecular formula is C9H16O3. The molecule has 0 bridgehead atoms. The van der Waals surface area contributed by atoms with E-state index in [1.807, 2.05) is 20.8 Å². The number of ether oxygens (including phenoxy) is 2. The Kier molecular flexibility index (Phi) is 4.59. The predicted octanol–water partition coefficient (Wildman–Crippen LogP) is 1.53. The first-order valence-electron chi connectivity index (χ1n) is 3.84. The van der Waals surface area contributed by atoms with Crippen molar-refractivity contribution in [2.75, 3.05) is 13.7 Å². The number of rotatable bonds is 3. The standard InChI is InChI=1S/C9H16O3/c1-9(2,3)12-8(10)6-5-7-11-4/h5-6H,7H2,1-4H3/b6-5+. The molecule has 0 aliphatic carbocycles. The van der Waals surface area contributed by atoms with Crippen molar-refractivity contribution in [2.45, 2.75) is 26.4 Å². The van der Waals surface area contributed by atoms with E-state index in [0.29, 0.717) is 6.61 Å². The maximum Gasteiger partial charge on any atom is 0.331 e. The number of esters is 1. The van der Waals surface area contributed by atoms with Crippen molar-refractivity contribution < 1.29 is 14.3 Å². The van der Waals surface area contributed by atoms with Gasteiger partial charge in [-0.15, -0.1) is 0 Å². The Bertz CT molecular complexity index is 165. The van der Waals surface area contributed by atoms with Crippen LogP contribution in [0, 0.1) is 0 Å². The molecule has 0 aromatic carbocycles. The molecule has 70 valence electrons. The smallest absolute Gasteiger partial charge is 0.331 e. The topological polar surface area (TPSA) is 35.5 Å². The Balaban J connectivity index is 3.75. The van der Waals surface area contributed by atoms with Crippen LogP contribution < -0.4 is 0 Å². The van der Waals surface area contributed by atoms with Crippen LogP contribution in [-0.2, 0) is 14.3 Å². The monoisotopic (exact) mass is 172 g/mol. The molecule has 0 unspecified atom stereocenters. The van der Waals surface area contributed by atoms with Crippen molar-refractivity contribution in [2.24, 2.45) is 0 Å². The van der Waals surface area contributed by atoms with Gasteiger partial charge in [0, 0.05) is 13.2 Å². The van der Waals surface area contributed by atoms with Crippen molar-refractivity contribution >= 4 is 5.97 Å². The van der Waals surface area contributed by atoms with E-state index in [2.05, 4.69) is 0 Å². The summed E-state index contributed by atoms with van der Waals surface area (Å²) in [4.78, 5) is 11.0. The second-order valence-corrected chi connectivity index (χ2v) is 3.39. The highest BCUT2D eigenvalue weighted by Crippen LogP contribution is 2.06. The Morgan fingerprint density at radius 3 is 2.42 bits per heavy atom. The molecule has 0 radical (unpaired) electrons. The Labute approximate surface area is 73.4 Å². The molecule has 0 aromatic heterocycles. The molecule has 0 saturated carbocycles. The highest BCUT2D eigenvalue weighted by Gasteiger charge is 2.13. The van der Waals surface area contributed by atoms with E-state index in [1.165, 1.54) is 6.08 Å². The number of hydrogen-bond donors (Lipinski definition) is 0. The summed E-state index contributed by atoms with van der Waals surface area (Å²) in [5.41, 5.74) is -0.422. The van der Waals surface area contributed by atoms with Gasteiger partial charge in [0.25, 0.3) is 0 Å². The van der Waals surface area contributed by atoms with Crippen LogP contribution in [0.4, 0.5) is 0 Å². The van der Waals surface area contributed by atoms with Gasteiger partial charge in [0.2, 0.25) is 0 Å². The van der Waals surface area contributed by atoms with Gasteiger partial charge in [-0.05, 0) is 20.8 Å². The zero-order valence-electron chi connectivity index (χ0n) is 8.09. The Hall–Kier alpha value is -0.830. The van der Waals surface area contributed by atoms with Crippen molar-refractivity contribution in [3.8, 4) is 0 Å². The maximum atomic E-state index is 11.0. The van der Waals surface area contributed by atoms with Gasteiger partial charge in [-0.25, -0.2) is 4.79 Å². The van der Waals surface area contributed by atoms with Gasteiger partial charge >= 0.3 is 5.97 Å². The second-order valence-electron chi connectivity index (χ2n) is 3.39. The molecule has 0 atom stereocenters. The minimum Gasteiger partial charge on any atom is -0.457 e. The van der Waals surface area contributed by atoms with Crippen LogP contribution in [-0.4, -0.2) is 25.3 Å². The molecule has 0 aliphatic rings. The molecule has 3 nitrogen and oxygen atoms in total. The van der Waals surface area contributed by atoms with Crippen molar-refractivity contribution in [3.05, 3.63) is 12.2 Å². The minimum atomic E-state index is -0.422. The molecule has 0 N–H and O–H groups in total. The van der Waals surface area contributed by atoms with E-state index in [1.54, 1.807) is 13.2 Å². The van der Waals surface area contributed by atoms with Crippen LogP contribution >= 0.6 is 0 Å². The van der Waals surface area contributed by atoms with Crippen molar-refractivity contribution in [1.82, 2.24) is 0 Å². The van der Waals surface area contributed by atoms with Crippen LogP contribution in [0.15, 0.2) is 12.2 Å². The molecule has 0 amide bonds. The van der Waals surface area contributed by atoms with Crippen molar-refractivity contribution in [3.63, 3.8) is 0 Å². The fraction of sp³-hybridized carbons (Fsp3) is 0.667. The third-order valence-electron chi connectivity index (χ3n) is 0.924. The van der Waals surface area contributed by atoms with Gasteiger partial charge in [0.1, 0.15) is 5.60 Å². The number of hydrogen-bond acceptors (Lipinski definition) is 3. The first kappa shape index (κ1) is 11.2. The van der Waals surface area contributed by atoms with Gasteiger partial charge in [-0.2, -0.15) is 0 Å². The van der Waals surface area contributed by atoms with Crippen molar-refractivity contribution in [1.29, 1.82) is 0 Å². The summed E-state index contributed by atoms with van der Waals surface area (Å²) >= 11 is 0. The summed E-state index contributed by atoms with van der Waals surface area (Å²) in [7, 11) is 1.57. The quantitative estimate of drug-likeness (QED) is 0.478. The fourth-order valence-electron chi connectivity index (χ4n) is 0.576. The first-order valence-corrected chi connectivity index (χ1v) is 3.84. The van der Waals surface area contributed by atoms with Crippen LogP contribution in [0.25, 0.3) is 0 Å². The molecule has 0 aromatic rings. The lowest BCUT2D eigenvalue weighted by Gasteiger charge is -2.17. The largest absolute Gasteiger partial charge is 0.457 e. The van der Waals surface area contributed by atoms with Gasteiger partial charge in [-0.3, -0.25) is 0 Å². The molecule has 0 rings (SSSR count). The van der Waals surface area contributed by atoms with Gasteiger partial charge < -0.3 is 9.47 Å². The molecule has 12 heavy (non-hydrogen) atoms. The average molecular weight is 172 g/mol. The van der Waals surface area contributed by atoms with E-state index < -0.39 is 5.60 Å². The summed E-state index contributed by atoms with van der Waals surface area (Å²) < 4.78 is 9.73. The lowest BCUT2D eigenvalue weighted by Crippen LogP contribution is -2.22. The third-order valence-corrected chi connectivity index (χ3v) is 0.924. The van der Waals surface area contributed by atoms with E-state index >= 15 is 0 Å². The summed E-state index contributed by atoms with van der Waals surface area (Å²) in [6.07, 6.45) is 2.99. The Morgan fingerprint density at radius 1 is 1.42 bits per heavy atom. The lowest BCUT2D eigenvalue weighted by molar-refractivity contribution is -0.148. The first-order chi connectivity index (χ1) is 5.45. The van der Waals surface area contributed by atoms with Crippen LogP contribution in [0.2, 0.25) is 0 Å². The SMILES string of the molecule is COC/C=C/C(=O)OC(C)(C)C. The predicted molar refractivity (Wildman–Crippen MR) is 46.9 cm³/mol. The Morgan fingerprint density at radius 2 is 2.00 bits per heavy atom. The average Bonchev–Trinajstić information content (AvgIpc) is 1.84. The zero-order valence-corrected chi connectivity index (χ0v) is 8.09. The molecule has 0 heterocycles. The van der Waals surface area contributed by atoms with Crippen LogP contribution in [0.3, 0.4) is 0 Å². The van der Waals surface area contributed by atoms with Gasteiger partial charge in [0.15, 0.2) is 0 Å². The van der Waals surface area contributed by atoms with E-state index in [9.17, 15) is 4.79 Å². The second kappa shape index (κ2) is 4.93. The summed E-state index contributed by atoms with van der Waals surface area (Å²) in [5.74, 6) is -0.334. The fourth-order valence-corrected chi connectivity index (χ4v) is 0.576. The number of carbonyl (C=O) groups is 1. The van der Waals surface area contributed by atoms with E-state index in [4.69, 9.17) is 9.47 Å². The summed E-state index contributed by atoms with van der Waals surface area (Å²) in [5, 5.41) is 0. The molecule has 0 aliphatic heterocycles. The maximum absolute atomic E-state index is 11.0. The van der Waals surface area contributed by atoms with Gasteiger partial charge in [-0.1, -0.05) is 6.08 Å².